The fraction of sp³-hybridized carbons (Fsp3) is 0.286. The van der Waals surface area contributed by atoms with Crippen LogP contribution in [-0.2, 0) is 6.42 Å². The van der Waals surface area contributed by atoms with E-state index in [4.69, 9.17) is 4.99 Å². The molecule has 3 aromatic carbocycles. The molecule has 0 aliphatic carbocycles. The Morgan fingerprint density at radius 3 is 2.58 bits per heavy atom. The van der Waals surface area contributed by atoms with Gasteiger partial charge in [-0.1, -0.05) is 80.9 Å². The zero-order valence-electron chi connectivity index (χ0n) is 18.4. The number of unbranched alkanes of at least 4 members (excludes halogenated alkanes) is 1. The summed E-state index contributed by atoms with van der Waals surface area (Å²) in [6, 6.07) is 24.8. The third-order valence-corrected chi connectivity index (χ3v) is 6.02. The third-order valence-electron chi connectivity index (χ3n) is 6.02. The summed E-state index contributed by atoms with van der Waals surface area (Å²) >= 11 is 0. The first-order valence-electron chi connectivity index (χ1n) is 11.3. The van der Waals surface area contributed by atoms with Crippen LogP contribution in [0.25, 0.3) is 0 Å². The van der Waals surface area contributed by atoms with E-state index in [1.807, 2.05) is 30.3 Å². The molecule has 0 aromatic heterocycles. The summed E-state index contributed by atoms with van der Waals surface area (Å²) in [5.74, 6) is 0.219. The first-order valence-corrected chi connectivity index (χ1v) is 11.3. The van der Waals surface area contributed by atoms with Gasteiger partial charge in [0.05, 0.1) is 5.69 Å². The molecular formula is C28H30N2O. The lowest BCUT2D eigenvalue weighted by molar-refractivity contribution is 0.0951. The van der Waals surface area contributed by atoms with Crippen molar-refractivity contribution in [2.24, 2.45) is 4.99 Å². The minimum Gasteiger partial charge on any atom is -0.351 e. The van der Waals surface area contributed by atoms with E-state index < -0.39 is 0 Å². The van der Waals surface area contributed by atoms with Gasteiger partial charge in [0.2, 0.25) is 0 Å². The smallest absolute Gasteiger partial charge is 0.251 e. The van der Waals surface area contributed by atoms with Gasteiger partial charge in [-0.2, -0.15) is 0 Å². The molecule has 3 nitrogen and oxygen atoms in total. The van der Waals surface area contributed by atoms with Crippen molar-refractivity contribution in [2.45, 2.75) is 45.4 Å². The number of nitrogens with zero attached hydrogens (tertiary/aromatic N) is 1. The normalized spacial score (nSPS) is 13.4. The van der Waals surface area contributed by atoms with Gasteiger partial charge in [0.15, 0.2) is 0 Å². The summed E-state index contributed by atoms with van der Waals surface area (Å²) in [5, 5.41) is 3.09. The van der Waals surface area contributed by atoms with Crippen molar-refractivity contribution in [3.8, 4) is 0 Å². The average molecular weight is 411 g/mol. The number of carbonyl (C=O) groups is 1. The van der Waals surface area contributed by atoms with E-state index in [1.165, 1.54) is 22.3 Å². The van der Waals surface area contributed by atoms with Gasteiger partial charge in [-0.15, -0.1) is 0 Å². The summed E-state index contributed by atoms with van der Waals surface area (Å²) in [5.41, 5.74) is 7.68. The molecule has 3 aromatic rings. The van der Waals surface area contributed by atoms with E-state index in [2.05, 4.69) is 61.6 Å². The van der Waals surface area contributed by atoms with Crippen LogP contribution in [0, 0.1) is 0 Å². The lowest BCUT2D eigenvalue weighted by Gasteiger charge is -2.13. The second-order valence-corrected chi connectivity index (χ2v) is 8.36. The molecule has 1 aliphatic rings. The molecular weight excluding hydrogens is 380 g/mol. The Morgan fingerprint density at radius 2 is 1.77 bits per heavy atom. The van der Waals surface area contributed by atoms with Crippen LogP contribution in [0.2, 0.25) is 0 Å². The molecule has 1 N–H and O–H groups in total. The van der Waals surface area contributed by atoms with Crippen LogP contribution in [0.5, 0.6) is 0 Å². The predicted molar refractivity (Wildman–Crippen MR) is 129 cm³/mol. The summed E-state index contributed by atoms with van der Waals surface area (Å²) in [4.78, 5) is 17.9. The summed E-state index contributed by atoms with van der Waals surface area (Å²) in [6.07, 6.45) is 4.05. The van der Waals surface area contributed by atoms with Crippen LogP contribution in [0.4, 0.5) is 5.69 Å². The number of aliphatic imine (C=N–C) groups is 1. The summed E-state index contributed by atoms with van der Waals surface area (Å²) < 4.78 is 0. The fourth-order valence-electron chi connectivity index (χ4n) is 4.11. The molecule has 158 valence electrons. The Hall–Kier alpha value is -3.20. The first-order chi connectivity index (χ1) is 15.2. The van der Waals surface area contributed by atoms with Crippen LogP contribution in [0.15, 0.2) is 77.8 Å². The molecule has 3 heteroatoms. The second kappa shape index (κ2) is 9.74. The highest BCUT2D eigenvalue weighted by atomic mass is 16.1. The molecule has 1 amide bonds. The minimum absolute atomic E-state index is 0.0438. The molecule has 0 fully saturated rings. The van der Waals surface area contributed by atoms with E-state index in [0.29, 0.717) is 12.1 Å². The van der Waals surface area contributed by atoms with Crippen LogP contribution >= 0.6 is 0 Å². The predicted octanol–water partition coefficient (Wildman–Crippen LogP) is 6.44. The van der Waals surface area contributed by atoms with E-state index in [1.54, 1.807) is 0 Å². The van der Waals surface area contributed by atoms with Crippen molar-refractivity contribution >= 4 is 17.3 Å². The number of nitrogens with one attached hydrogen (secondary N) is 1. The Kier molecular flexibility index (Phi) is 6.61. The molecule has 1 heterocycles. The van der Waals surface area contributed by atoms with Gasteiger partial charge in [-0.3, -0.25) is 9.79 Å². The number of carbonyl (C=O) groups excluding carboxylic acids is 1. The van der Waals surface area contributed by atoms with E-state index >= 15 is 0 Å². The summed E-state index contributed by atoms with van der Waals surface area (Å²) in [7, 11) is 0. The SMILES string of the molecule is CCCCC1=Nc2cc(C(=O)NCC(C)c3ccccc3)ccc2Cc2ccccc21. The molecule has 4 rings (SSSR count). The Bertz CT molecular complexity index is 1090. The molecule has 1 unspecified atom stereocenters. The largest absolute Gasteiger partial charge is 0.351 e. The molecule has 0 spiro atoms. The van der Waals surface area contributed by atoms with Crippen molar-refractivity contribution < 1.29 is 4.79 Å². The van der Waals surface area contributed by atoms with Gasteiger partial charge >= 0.3 is 0 Å². The topological polar surface area (TPSA) is 41.5 Å². The number of hydrogen-bond donors (Lipinski definition) is 1. The van der Waals surface area contributed by atoms with Gasteiger partial charge in [-0.25, -0.2) is 0 Å². The standard InChI is InChI=1S/C28H30N2O/c1-3-4-14-26-25-13-9-8-12-22(25)17-23-15-16-24(18-27(23)30-26)28(31)29-19-20(2)21-10-6-5-7-11-21/h5-13,15-16,18,20H,3-4,14,17,19H2,1-2H3,(H,29,31). The third kappa shape index (κ3) is 4.93. The lowest BCUT2D eigenvalue weighted by Crippen LogP contribution is -2.27. The Balaban J connectivity index is 1.55. The first kappa shape index (κ1) is 21.0. The molecule has 0 saturated heterocycles. The van der Waals surface area contributed by atoms with Crippen LogP contribution < -0.4 is 5.32 Å². The van der Waals surface area contributed by atoms with Gasteiger partial charge in [0.25, 0.3) is 5.91 Å². The monoisotopic (exact) mass is 410 g/mol. The average Bonchev–Trinajstić information content (AvgIpc) is 2.97. The highest BCUT2D eigenvalue weighted by Gasteiger charge is 2.18. The zero-order chi connectivity index (χ0) is 21.6. The molecule has 0 radical (unpaired) electrons. The van der Waals surface area contributed by atoms with E-state index in [-0.39, 0.29) is 11.8 Å². The van der Waals surface area contributed by atoms with Gasteiger partial charge in [0, 0.05) is 24.2 Å². The molecule has 1 atom stereocenters. The maximum atomic E-state index is 12.9. The van der Waals surface area contributed by atoms with Crippen molar-refractivity contribution in [2.75, 3.05) is 6.54 Å². The maximum absolute atomic E-state index is 12.9. The van der Waals surface area contributed by atoms with Gasteiger partial charge < -0.3 is 5.32 Å². The van der Waals surface area contributed by atoms with Crippen molar-refractivity contribution in [1.29, 1.82) is 0 Å². The minimum atomic E-state index is -0.0438. The van der Waals surface area contributed by atoms with Crippen molar-refractivity contribution in [3.63, 3.8) is 0 Å². The molecule has 1 aliphatic heterocycles. The Labute approximate surface area is 185 Å². The number of fused-ring (bicyclic) bond motifs is 2. The summed E-state index contributed by atoms with van der Waals surface area (Å²) in [6.45, 7) is 4.94. The van der Waals surface area contributed by atoms with Crippen molar-refractivity contribution in [1.82, 2.24) is 5.32 Å². The highest BCUT2D eigenvalue weighted by molar-refractivity contribution is 6.04. The molecule has 0 bridgehead atoms. The lowest BCUT2D eigenvalue weighted by atomic mass is 9.95. The molecule has 0 saturated carbocycles. The van der Waals surface area contributed by atoms with Crippen LogP contribution in [0.1, 0.15) is 71.6 Å². The highest BCUT2D eigenvalue weighted by Crippen LogP contribution is 2.31. The number of benzene rings is 3. The van der Waals surface area contributed by atoms with Gasteiger partial charge in [0.1, 0.15) is 0 Å². The second-order valence-electron chi connectivity index (χ2n) is 8.36. The number of rotatable bonds is 7. The zero-order valence-corrected chi connectivity index (χ0v) is 18.4. The van der Waals surface area contributed by atoms with E-state index in [0.717, 1.165) is 37.1 Å². The quantitative estimate of drug-likeness (QED) is 0.479. The van der Waals surface area contributed by atoms with E-state index in [9.17, 15) is 4.79 Å². The number of amides is 1. The molecule has 31 heavy (non-hydrogen) atoms. The Morgan fingerprint density at radius 1 is 1.00 bits per heavy atom. The van der Waals surface area contributed by atoms with Crippen LogP contribution in [-0.4, -0.2) is 18.2 Å². The van der Waals surface area contributed by atoms with Crippen molar-refractivity contribution in [3.05, 3.63) is 101 Å². The van der Waals surface area contributed by atoms with Crippen LogP contribution in [0.3, 0.4) is 0 Å². The number of hydrogen-bond acceptors (Lipinski definition) is 2. The fourth-order valence-corrected chi connectivity index (χ4v) is 4.11. The van der Waals surface area contributed by atoms with Gasteiger partial charge in [-0.05, 0) is 53.1 Å². The maximum Gasteiger partial charge on any atom is 0.251 e.